The van der Waals surface area contributed by atoms with E-state index in [0.29, 0.717) is 0 Å². The van der Waals surface area contributed by atoms with Gasteiger partial charge in [-0.25, -0.2) is 0 Å². The Balaban J connectivity index is 4.93. The Labute approximate surface area is 108 Å². The fraction of sp³-hybridized carbons (Fsp3) is 0.750. The minimum absolute atomic E-state index is 0.0435. The molecule has 0 aromatic rings. The normalized spacial score (nSPS) is 19.9. The molecule has 10 nitrogen and oxygen atoms in total. The predicted molar refractivity (Wildman–Crippen MR) is 59.2 cm³/mol. The lowest BCUT2D eigenvalue weighted by molar-refractivity contribution is -0.130. The Morgan fingerprint density at radius 2 is 1.58 bits per heavy atom. The second-order valence-electron chi connectivity index (χ2n) is 3.74. The van der Waals surface area contributed by atoms with E-state index < -0.39 is 45.8 Å². The number of carbonyl (C=O) groups excluding carboxylic acids is 2. The average Bonchev–Trinajstić information content (AvgIpc) is 2.30. The predicted octanol–water partition coefficient (Wildman–Crippen LogP) is -4.02. The summed E-state index contributed by atoms with van der Waals surface area (Å²) in [7, 11) is -5.08. The van der Waals surface area contributed by atoms with Gasteiger partial charge < -0.3 is 30.5 Å². The van der Waals surface area contributed by atoms with Crippen molar-refractivity contribution in [2.24, 2.45) is 0 Å². The van der Waals surface area contributed by atoms with E-state index in [1.165, 1.54) is 0 Å². The van der Waals surface area contributed by atoms with Crippen LogP contribution in [0.1, 0.15) is 6.92 Å². The van der Waals surface area contributed by atoms with Crippen LogP contribution in [0.15, 0.2) is 0 Å². The lowest BCUT2D eigenvalue weighted by Crippen LogP contribution is -2.55. The molecule has 0 radical (unpaired) electrons. The third kappa shape index (κ3) is 5.18. The van der Waals surface area contributed by atoms with E-state index in [1.54, 1.807) is 0 Å². The smallest absolute Gasteiger partial charge is 0.294 e. The van der Waals surface area contributed by atoms with Crippen molar-refractivity contribution in [1.82, 2.24) is 5.32 Å². The second-order valence-corrected chi connectivity index (χ2v) is 5.25. The molecule has 112 valence electrons. The van der Waals surface area contributed by atoms with Gasteiger partial charge in [-0.05, 0) is 0 Å². The summed E-state index contributed by atoms with van der Waals surface area (Å²) in [4.78, 5) is 21.3. The van der Waals surface area contributed by atoms with E-state index in [-0.39, 0.29) is 6.29 Å². The first kappa shape index (κ1) is 17.9. The summed E-state index contributed by atoms with van der Waals surface area (Å²) in [6.45, 7) is 1.01. The fourth-order valence-corrected chi connectivity index (χ4v) is 1.71. The van der Waals surface area contributed by atoms with Crippen molar-refractivity contribution in [1.29, 1.82) is 0 Å². The molecule has 0 spiro atoms. The number of amides is 1. The van der Waals surface area contributed by atoms with E-state index in [1.807, 2.05) is 5.32 Å². The highest BCUT2D eigenvalue weighted by Gasteiger charge is 2.39. The maximum absolute atomic E-state index is 10.7. The van der Waals surface area contributed by atoms with E-state index in [2.05, 4.69) is 0 Å². The van der Waals surface area contributed by atoms with E-state index >= 15 is 0 Å². The highest BCUT2D eigenvalue weighted by atomic mass is 32.2. The quantitative estimate of drug-likeness (QED) is 0.201. The van der Waals surface area contributed by atoms with Crippen molar-refractivity contribution in [3.8, 4) is 0 Å². The molecule has 0 aliphatic carbocycles. The summed E-state index contributed by atoms with van der Waals surface area (Å²) in [6.07, 6.45) is -6.84. The summed E-state index contributed by atoms with van der Waals surface area (Å²) in [6, 6.07) is -1.63. The van der Waals surface area contributed by atoms with Crippen LogP contribution in [0, 0.1) is 0 Å². The van der Waals surface area contributed by atoms with Gasteiger partial charge in [0.25, 0.3) is 10.1 Å². The topological polar surface area (TPSA) is 181 Å². The van der Waals surface area contributed by atoms with Crippen molar-refractivity contribution in [2.45, 2.75) is 36.7 Å². The third-order valence-corrected chi connectivity index (χ3v) is 3.07. The Morgan fingerprint density at radius 3 is 1.89 bits per heavy atom. The van der Waals surface area contributed by atoms with Crippen molar-refractivity contribution in [3.05, 3.63) is 0 Å². The second kappa shape index (κ2) is 6.88. The first-order chi connectivity index (χ1) is 8.52. The Morgan fingerprint density at radius 1 is 1.11 bits per heavy atom. The van der Waals surface area contributed by atoms with E-state index in [4.69, 9.17) is 9.66 Å². The van der Waals surface area contributed by atoms with Crippen molar-refractivity contribution in [3.63, 3.8) is 0 Å². The maximum Gasteiger partial charge on any atom is 0.294 e. The standard InChI is InChI=1S/C8H15NO9S/c1-3(11)9-4(2-10)5(12)6(13)7(14)8(15)19(16,17)18/h2,4-8,12-15H,1H3,(H,9,11)(H,16,17,18)/t4-,5+,6-,7-,8?/m0/s1. The van der Waals surface area contributed by atoms with Gasteiger partial charge >= 0.3 is 0 Å². The minimum atomic E-state index is -5.08. The zero-order chi connectivity index (χ0) is 15.4. The van der Waals surface area contributed by atoms with Crippen LogP contribution in [-0.2, 0) is 19.7 Å². The van der Waals surface area contributed by atoms with Crippen molar-refractivity contribution in [2.75, 3.05) is 0 Å². The number of hydrogen-bond donors (Lipinski definition) is 6. The van der Waals surface area contributed by atoms with Crippen LogP contribution >= 0.6 is 0 Å². The molecule has 0 aromatic carbocycles. The van der Waals surface area contributed by atoms with Crippen molar-refractivity contribution >= 4 is 22.3 Å². The number of nitrogens with one attached hydrogen (secondary N) is 1. The molecule has 0 saturated carbocycles. The van der Waals surface area contributed by atoms with Gasteiger partial charge in [-0.15, -0.1) is 0 Å². The molecule has 0 heterocycles. The lowest BCUT2D eigenvalue weighted by Gasteiger charge is -2.28. The first-order valence-corrected chi connectivity index (χ1v) is 6.43. The summed E-state index contributed by atoms with van der Waals surface area (Å²) < 4.78 is 29.5. The Bertz CT molecular complexity index is 422. The third-order valence-electron chi connectivity index (χ3n) is 2.18. The lowest BCUT2D eigenvalue weighted by atomic mass is 10.0. The zero-order valence-electron chi connectivity index (χ0n) is 9.74. The molecular weight excluding hydrogens is 286 g/mol. The Kier molecular flexibility index (Phi) is 6.48. The van der Waals surface area contributed by atoms with Gasteiger partial charge in [0.05, 0.1) is 0 Å². The molecule has 0 aliphatic heterocycles. The largest absolute Gasteiger partial charge is 0.388 e. The van der Waals surface area contributed by atoms with Gasteiger partial charge in [0.1, 0.15) is 30.6 Å². The molecule has 11 heteroatoms. The molecule has 1 unspecified atom stereocenters. The Hall–Kier alpha value is -1.11. The molecule has 6 N–H and O–H groups in total. The zero-order valence-corrected chi connectivity index (χ0v) is 10.6. The van der Waals surface area contributed by atoms with Crippen LogP contribution in [0.4, 0.5) is 0 Å². The SMILES string of the molecule is CC(=O)N[C@@H](C=O)[C@@H](O)[C@H](O)[C@H](O)C(O)S(=O)(=O)O. The molecule has 1 amide bonds. The van der Waals surface area contributed by atoms with Crippen LogP contribution < -0.4 is 5.32 Å². The highest BCUT2D eigenvalue weighted by molar-refractivity contribution is 7.86. The number of aldehydes is 1. The summed E-state index contributed by atoms with van der Waals surface area (Å²) in [5, 5.41) is 39.0. The van der Waals surface area contributed by atoms with Crippen LogP contribution in [0.3, 0.4) is 0 Å². The molecule has 19 heavy (non-hydrogen) atoms. The molecular formula is C8H15NO9S. The van der Waals surface area contributed by atoms with E-state index in [9.17, 15) is 33.3 Å². The summed E-state index contributed by atoms with van der Waals surface area (Å²) in [5.41, 5.74) is -2.78. The monoisotopic (exact) mass is 301 g/mol. The summed E-state index contributed by atoms with van der Waals surface area (Å²) >= 11 is 0. The van der Waals surface area contributed by atoms with E-state index in [0.717, 1.165) is 6.92 Å². The number of aliphatic hydroxyl groups is 4. The molecule has 0 aliphatic rings. The van der Waals surface area contributed by atoms with Crippen LogP contribution in [0.5, 0.6) is 0 Å². The van der Waals surface area contributed by atoms with Crippen LogP contribution in [0.25, 0.3) is 0 Å². The van der Waals surface area contributed by atoms with Gasteiger partial charge in [0, 0.05) is 6.92 Å². The molecule has 0 bridgehead atoms. The highest BCUT2D eigenvalue weighted by Crippen LogP contribution is 2.11. The minimum Gasteiger partial charge on any atom is -0.388 e. The molecule has 0 saturated heterocycles. The fourth-order valence-electron chi connectivity index (χ4n) is 1.19. The average molecular weight is 301 g/mol. The summed E-state index contributed by atoms with van der Waals surface area (Å²) in [5.74, 6) is -0.729. The molecule has 0 rings (SSSR count). The number of aliphatic hydroxyl groups excluding tert-OH is 4. The molecule has 5 atom stereocenters. The number of carbonyl (C=O) groups is 2. The van der Waals surface area contributed by atoms with Gasteiger partial charge in [-0.1, -0.05) is 0 Å². The first-order valence-electron chi connectivity index (χ1n) is 4.93. The maximum atomic E-state index is 10.7. The number of hydrogen-bond acceptors (Lipinski definition) is 8. The van der Waals surface area contributed by atoms with Crippen molar-refractivity contribution < 1.29 is 43.0 Å². The van der Waals surface area contributed by atoms with Gasteiger partial charge in [0.2, 0.25) is 11.3 Å². The molecule has 0 fully saturated rings. The van der Waals surface area contributed by atoms with Gasteiger partial charge in [-0.3, -0.25) is 9.35 Å². The number of rotatable bonds is 7. The van der Waals surface area contributed by atoms with Gasteiger partial charge in [-0.2, -0.15) is 8.42 Å². The molecule has 0 aromatic heterocycles. The van der Waals surface area contributed by atoms with Crippen LogP contribution in [0.2, 0.25) is 0 Å². The van der Waals surface area contributed by atoms with Crippen LogP contribution in [-0.4, -0.2) is 75.4 Å². The van der Waals surface area contributed by atoms with Gasteiger partial charge in [0.15, 0.2) is 0 Å².